The van der Waals surface area contributed by atoms with Gasteiger partial charge < -0.3 is 11.1 Å². The van der Waals surface area contributed by atoms with E-state index in [0.717, 1.165) is 65.0 Å². The van der Waals surface area contributed by atoms with Crippen molar-refractivity contribution in [2.75, 3.05) is 11.1 Å². The Kier molecular flexibility index (Phi) is 7.03. The van der Waals surface area contributed by atoms with Crippen LogP contribution in [0.15, 0.2) is 67.3 Å². The molecule has 1 aliphatic rings. The van der Waals surface area contributed by atoms with Crippen LogP contribution in [0.25, 0.3) is 28.5 Å². The number of carbonyl (C=O) groups excluding carboxylic acids is 1. The Morgan fingerprint density at radius 2 is 1.92 bits per heavy atom. The van der Waals surface area contributed by atoms with Crippen LogP contribution in [-0.4, -0.2) is 25.8 Å². The van der Waals surface area contributed by atoms with Gasteiger partial charge in [-0.15, -0.1) is 0 Å². The van der Waals surface area contributed by atoms with Crippen LogP contribution in [0.1, 0.15) is 65.8 Å². The summed E-state index contributed by atoms with van der Waals surface area (Å²) in [6, 6.07) is 13.7. The van der Waals surface area contributed by atoms with Crippen LogP contribution in [0.4, 0.5) is 11.5 Å². The number of benzene rings is 1. The first-order valence-corrected chi connectivity index (χ1v) is 12.6. The Labute approximate surface area is 216 Å². The van der Waals surface area contributed by atoms with E-state index in [9.17, 15) is 4.79 Å². The fourth-order valence-electron chi connectivity index (χ4n) is 4.29. The summed E-state index contributed by atoms with van der Waals surface area (Å²) in [5.41, 5.74) is 13.7. The summed E-state index contributed by atoms with van der Waals surface area (Å²) >= 11 is 0. The lowest BCUT2D eigenvalue weighted by molar-refractivity contribution is 0.102. The first kappa shape index (κ1) is 24.3. The number of nitrogen functional groups attached to an aromatic ring is 1. The van der Waals surface area contributed by atoms with Crippen LogP contribution < -0.4 is 11.1 Å². The fourth-order valence-corrected chi connectivity index (χ4v) is 4.29. The number of allylic oxidation sites excluding steroid dienone is 1. The number of hydrogen-bond acceptors (Lipinski definition) is 6. The Bertz CT molecular complexity index is 1470. The molecule has 3 N–H and O–H groups in total. The summed E-state index contributed by atoms with van der Waals surface area (Å²) in [6.07, 6.45) is 13.3. The number of amides is 1. The summed E-state index contributed by atoms with van der Waals surface area (Å²) in [6.45, 7) is 4.09. The number of anilines is 2. The average Bonchev–Trinajstić information content (AvgIpc) is 3.77. The van der Waals surface area contributed by atoms with Gasteiger partial charge in [0.25, 0.3) is 5.91 Å². The molecule has 7 heteroatoms. The number of unbranched alkanes of at least 4 members (excludes halogenated alkanes) is 1. The minimum Gasteiger partial charge on any atom is -0.383 e. The number of nitrogens with two attached hydrogens (primary N) is 1. The van der Waals surface area contributed by atoms with E-state index in [1.807, 2.05) is 43.3 Å². The van der Waals surface area contributed by atoms with Crippen molar-refractivity contribution >= 4 is 23.5 Å². The largest absolute Gasteiger partial charge is 0.383 e. The molecule has 1 aliphatic carbocycles. The van der Waals surface area contributed by atoms with Crippen molar-refractivity contribution in [3.63, 3.8) is 0 Å². The van der Waals surface area contributed by atoms with E-state index in [1.54, 1.807) is 18.5 Å². The summed E-state index contributed by atoms with van der Waals surface area (Å²) in [7, 11) is 0. The number of pyridine rings is 2. The molecule has 7 nitrogen and oxygen atoms in total. The predicted octanol–water partition coefficient (Wildman–Crippen LogP) is 6.43. The SMILES string of the molecule is CCC/C=C/c1c(N)ncnc1-c1cccc(-c2cc(NC(=O)c3ccnc(C4CC4)c3)cnc2C)c1. The van der Waals surface area contributed by atoms with Crippen molar-refractivity contribution in [1.29, 1.82) is 0 Å². The molecular formula is C30H30N6O. The van der Waals surface area contributed by atoms with Gasteiger partial charge in [-0.25, -0.2) is 9.97 Å². The number of rotatable bonds is 8. The van der Waals surface area contributed by atoms with Gasteiger partial charge in [-0.2, -0.15) is 0 Å². The first-order chi connectivity index (χ1) is 18.0. The van der Waals surface area contributed by atoms with Crippen molar-refractivity contribution in [2.45, 2.75) is 45.4 Å². The van der Waals surface area contributed by atoms with E-state index < -0.39 is 0 Å². The summed E-state index contributed by atoms with van der Waals surface area (Å²) < 4.78 is 0. The Morgan fingerprint density at radius 1 is 1.08 bits per heavy atom. The quantitative estimate of drug-likeness (QED) is 0.295. The average molecular weight is 491 g/mol. The molecule has 37 heavy (non-hydrogen) atoms. The zero-order chi connectivity index (χ0) is 25.8. The molecule has 186 valence electrons. The van der Waals surface area contributed by atoms with Crippen LogP contribution in [-0.2, 0) is 0 Å². The zero-order valence-corrected chi connectivity index (χ0v) is 21.1. The lowest BCUT2D eigenvalue weighted by Crippen LogP contribution is -2.13. The lowest BCUT2D eigenvalue weighted by Gasteiger charge is -2.12. The standard InChI is InChI=1S/C30H30N6O/c1-3-4-5-9-25-28(34-18-35-29(25)31)22-8-6-7-21(14-22)26-16-24(17-33-19(26)2)36-30(37)23-12-13-32-27(15-23)20-10-11-20/h5-9,12-18,20H,3-4,10-11H2,1-2H3,(H,36,37)(H2,31,34,35)/b9-5+. The van der Waals surface area contributed by atoms with E-state index in [0.29, 0.717) is 23.0 Å². The molecule has 0 aliphatic heterocycles. The van der Waals surface area contributed by atoms with E-state index in [-0.39, 0.29) is 5.91 Å². The molecule has 0 bridgehead atoms. The number of carbonyl (C=O) groups is 1. The highest BCUT2D eigenvalue weighted by Crippen LogP contribution is 2.39. The molecule has 4 aromatic rings. The maximum absolute atomic E-state index is 13.0. The minimum atomic E-state index is -0.172. The second kappa shape index (κ2) is 10.7. The van der Waals surface area contributed by atoms with Gasteiger partial charge in [-0.05, 0) is 56.0 Å². The Balaban J connectivity index is 1.44. The monoisotopic (exact) mass is 490 g/mol. The molecule has 0 atom stereocenters. The van der Waals surface area contributed by atoms with E-state index in [1.165, 1.54) is 6.33 Å². The van der Waals surface area contributed by atoms with Gasteiger partial charge in [-0.3, -0.25) is 14.8 Å². The molecule has 1 fully saturated rings. The van der Waals surface area contributed by atoms with Crippen LogP contribution in [0, 0.1) is 6.92 Å². The van der Waals surface area contributed by atoms with Gasteiger partial charge in [0.05, 0.1) is 17.6 Å². The molecule has 5 rings (SSSR count). The maximum Gasteiger partial charge on any atom is 0.255 e. The van der Waals surface area contributed by atoms with Gasteiger partial charge in [0, 0.05) is 45.8 Å². The number of aryl methyl sites for hydroxylation is 1. The second-order valence-electron chi connectivity index (χ2n) is 9.35. The van der Waals surface area contributed by atoms with Crippen molar-refractivity contribution in [3.8, 4) is 22.4 Å². The predicted molar refractivity (Wildman–Crippen MR) is 148 cm³/mol. The van der Waals surface area contributed by atoms with Gasteiger partial charge in [0.1, 0.15) is 12.1 Å². The molecule has 3 heterocycles. The van der Waals surface area contributed by atoms with Crippen LogP contribution >= 0.6 is 0 Å². The summed E-state index contributed by atoms with van der Waals surface area (Å²) in [5, 5.41) is 3.00. The Morgan fingerprint density at radius 3 is 2.73 bits per heavy atom. The molecule has 1 saturated carbocycles. The van der Waals surface area contributed by atoms with E-state index in [4.69, 9.17) is 5.73 Å². The van der Waals surface area contributed by atoms with Crippen molar-refractivity contribution in [2.24, 2.45) is 0 Å². The number of nitrogens with zero attached hydrogens (tertiary/aromatic N) is 4. The van der Waals surface area contributed by atoms with Crippen LogP contribution in [0.3, 0.4) is 0 Å². The first-order valence-electron chi connectivity index (χ1n) is 12.6. The van der Waals surface area contributed by atoms with Gasteiger partial charge >= 0.3 is 0 Å². The van der Waals surface area contributed by atoms with E-state index >= 15 is 0 Å². The molecular weight excluding hydrogens is 460 g/mol. The summed E-state index contributed by atoms with van der Waals surface area (Å²) in [5.74, 6) is 0.765. The van der Waals surface area contributed by atoms with Gasteiger partial charge in [0.15, 0.2) is 0 Å². The fraction of sp³-hybridized carbons (Fsp3) is 0.233. The number of aromatic nitrogens is 4. The van der Waals surface area contributed by atoms with Crippen molar-refractivity contribution in [1.82, 2.24) is 19.9 Å². The molecule has 3 aromatic heterocycles. The third kappa shape index (κ3) is 5.56. The van der Waals surface area contributed by atoms with Gasteiger partial charge in [0.2, 0.25) is 0 Å². The normalized spacial score (nSPS) is 13.1. The van der Waals surface area contributed by atoms with Crippen molar-refractivity contribution in [3.05, 3.63) is 89.8 Å². The van der Waals surface area contributed by atoms with E-state index in [2.05, 4.69) is 44.3 Å². The minimum absolute atomic E-state index is 0.172. The highest BCUT2D eigenvalue weighted by atomic mass is 16.1. The van der Waals surface area contributed by atoms with Crippen LogP contribution in [0.2, 0.25) is 0 Å². The zero-order valence-electron chi connectivity index (χ0n) is 21.1. The third-order valence-electron chi connectivity index (χ3n) is 6.49. The van der Waals surface area contributed by atoms with Gasteiger partial charge in [-0.1, -0.05) is 43.7 Å². The second-order valence-corrected chi connectivity index (χ2v) is 9.35. The molecule has 0 spiro atoms. The summed E-state index contributed by atoms with van der Waals surface area (Å²) in [4.78, 5) is 30.6. The molecule has 1 amide bonds. The van der Waals surface area contributed by atoms with Crippen LogP contribution in [0.5, 0.6) is 0 Å². The third-order valence-corrected chi connectivity index (χ3v) is 6.49. The Hall–Kier alpha value is -4.39. The lowest BCUT2D eigenvalue weighted by atomic mass is 9.98. The number of nitrogens with one attached hydrogen (secondary N) is 1. The highest BCUT2D eigenvalue weighted by Gasteiger charge is 2.25. The molecule has 0 saturated heterocycles. The topological polar surface area (TPSA) is 107 Å². The highest BCUT2D eigenvalue weighted by molar-refractivity contribution is 6.04. The number of hydrogen-bond donors (Lipinski definition) is 2. The maximum atomic E-state index is 13.0. The molecule has 1 aromatic carbocycles. The smallest absolute Gasteiger partial charge is 0.255 e. The van der Waals surface area contributed by atoms with Crippen molar-refractivity contribution < 1.29 is 4.79 Å². The molecule has 0 radical (unpaired) electrons. The molecule has 0 unspecified atom stereocenters.